The smallest absolute Gasteiger partial charge is 0.410 e. The van der Waals surface area contributed by atoms with Gasteiger partial charge in [-0.3, -0.25) is 0 Å². The summed E-state index contributed by atoms with van der Waals surface area (Å²) in [5.41, 5.74) is -0.458. The summed E-state index contributed by atoms with van der Waals surface area (Å²) in [6, 6.07) is 8.96. The number of aliphatic hydroxyl groups excluding tert-OH is 1. The third kappa shape index (κ3) is 5.80. The van der Waals surface area contributed by atoms with Crippen LogP contribution in [0.3, 0.4) is 0 Å². The number of benzene rings is 1. The van der Waals surface area contributed by atoms with Gasteiger partial charge >= 0.3 is 6.09 Å². The van der Waals surface area contributed by atoms with E-state index in [0.717, 1.165) is 12.8 Å². The van der Waals surface area contributed by atoms with E-state index in [1.54, 1.807) is 17.0 Å². The first-order valence-electron chi connectivity index (χ1n) is 8.70. The molecule has 1 aliphatic carbocycles. The zero-order valence-corrected chi connectivity index (χ0v) is 14.9. The second-order valence-corrected chi connectivity index (χ2v) is 7.36. The van der Waals surface area contributed by atoms with Crippen LogP contribution >= 0.6 is 0 Å². The molecule has 1 fully saturated rings. The summed E-state index contributed by atoms with van der Waals surface area (Å²) >= 11 is 0. The summed E-state index contributed by atoms with van der Waals surface area (Å²) in [4.78, 5) is 14.1. The van der Waals surface area contributed by atoms with Gasteiger partial charge in [0.25, 0.3) is 0 Å². The van der Waals surface area contributed by atoms with Crippen molar-refractivity contribution in [1.82, 2.24) is 4.90 Å². The molecule has 0 aromatic heterocycles. The van der Waals surface area contributed by atoms with Gasteiger partial charge in [0.2, 0.25) is 0 Å². The third-order valence-electron chi connectivity index (χ3n) is 4.20. The molecule has 1 aliphatic rings. The topological polar surface area (TPSA) is 59.0 Å². The Bertz CT molecular complexity index is 506. The quantitative estimate of drug-likeness (QED) is 0.863. The van der Waals surface area contributed by atoms with Gasteiger partial charge in [-0.05, 0) is 45.7 Å². The molecule has 5 heteroatoms. The summed E-state index contributed by atoms with van der Waals surface area (Å²) < 4.78 is 11.2. The van der Waals surface area contributed by atoms with Gasteiger partial charge in [0.1, 0.15) is 5.75 Å². The second kappa shape index (κ2) is 8.49. The molecule has 1 amide bonds. The number of aliphatic hydroxyl groups is 1. The van der Waals surface area contributed by atoms with Gasteiger partial charge in [-0.15, -0.1) is 0 Å². The molecule has 2 rings (SSSR count). The molecule has 1 unspecified atom stereocenters. The lowest BCUT2D eigenvalue weighted by Gasteiger charge is -2.36. The Labute approximate surface area is 144 Å². The summed E-state index contributed by atoms with van der Waals surface area (Å²) in [5, 5.41) is 10.3. The molecule has 0 heterocycles. The zero-order valence-electron chi connectivity index (χ0n) is 14.9. The van der Waals surface area contributed by atoms with Crippen LogP contribution in [0.4, 0.5) is 4.79 Å². The molecule has 1 aromatic rings. The molecule has 1 atom stereocenters. The third-order valence-corrected chi connectivity index (χ3v) is 4.20. The lowest BCUT2D eigenvalue weighted by molar-refractivity contribution is -0.0248. The minimum absolute atomic E-state index is 0.182. The SMILES string of the molecule is CC(C)(C)N(CC(O)COC1CCCC1)C(=O)Oc1ccccc1. The van der Waals surface area contributed by atoms with Gasteiger partial charge in [0.05, 0.1) is 25.4 Å². The number of β-amino-alcohol motifs (C(OH)–C–C–N with tert-alkyl or cyclic N) is 1. The van der Waals surface area contributed by atoms with Crippen LogP contribution in [-0.4, -0.2) is 47.0 Å². The first-order valence-corrected chi connectivity index (χ1v) is 8.70. The second-order valence-electron chi connectivity index (χ2n) is 7.36. The molecule has 5 nitrogen and oxygen atoms in total. The molecular weight excluding hydrogens is 306 g/mol. The number of carbonyl (C=O) groups is 1. The Balaban J connectivity index is 1.90. The van der Waals surface area contributed by atoms with Gasteiger partial charge < -0.3 is 19.5 Å². The summed E-state index contributed by atoms with van der Waals surface area (Å²) in [6.45, 7) is 6.19. The minimum Gasteiger partial charge on any atom is -0.410 e. The Hall–Kier alpha value is -1.59. The van der Waals surface area contributed by atoms with E-state index in [2.05, 4.69) is 0 Å². The number of nitrogens with zero attached hydrogens (tertiary/aromatic N) is 1. The van der Waals surface area contributed by atoms with Crippen molar-refractivity contribution < 1.29 is 19.4 Å². The van der Waals surface area contributed by atoms with Crippen LogP contribution in [0, 0.1) is 0 Å². The molecular formula is C19H29NO4. The lowest BCUT2D eigenvalue weighted by atomic mass is 10.1. The molecule has 1 saturated carbocycles. The van der Waals surface area contributed by atoms with E-state index in [1.165, 1.54) is 12.8 Å². The van der Waals surface area contributed by atoms with Crippen molar-refractivity contribution in [3.05, 3.63) is 30.3 Å². The minimum atomic E-state index is -0.729. The van der Waals surface area contributed by atoms with Crippen molar-refractivity contribution in [3.8, 4) is 5.75 Å². The first kappa shape index (κ1) is 18.7. The molecule has 0 bridgehead atoms. The monoisotopic (exact) mass is 335 g/mol. The molecule has 1 aromatic carbocycles. The Morgan fingerprint density at radius 3 is 2.46 bits per heavy atom. The van der Waals surface area contributed by atoms with Crippen molar-refractivity contribution in [2.45, 2.75) is 64.2 Å². The number of hydrogen-bond acceptors (Lipinski definition) is 4. The van der Waals surface area contributed by atoms with E-state index in [1.807, 2.05) is 39.0 Å². The summed E-state index contributed by atoms with van der Waals surface area (Å²) in [7, 11) is 0. The maximum absolute atomic E-state index is 12.5. The number of carbonyl (C=O) groups excluding carboxylic acids is 1. The van der Waals surface area contributed by atoms with E-state index in [4.69, 9.17) is 9.47 Å². The Morgan fingerprint density at radius 2 is 1.88 bits per heavy atom. The van der Waals surface area contributed by atoms with Gasteiger partial charge in [-0.25, -0.2) is 4.79 Å². The molecule has 0 saturated heterocycles. The van der Waals surface area contributed by atoms with Crippen LogP contribution in [0.1, 0.15) is 46.5 Å². The van der Waals surface area contributed by atoms with Crippen LogP contribution in [0.25, 0.3) is 0 Å². The van der Waals surface area contributed by atoms with Crippen molar-refractivity contribution in [1.29, 1.82) is 0 Å². The maximum Gasteiger partial charge on any atom is 0.415 e. The molecule has 0 radical (unpaired) electrons. The van der Waals surface area contributed by atoms with Crippen LogP contribution in [0.5, 0.6) is 5.75 Å². The number of amides is 1. The molecule has 24 heavy (non-hydrogen) atoms. The highest BCUT2D eigenvalue weighted by molar-refractivity contribution is 5.71. The fraction of sp³-hybridized carbons (Fsp3) is 0.632. The standard InChI is InChI=1S/C19H29NO4/c1-19(2,3)20(18(22)24-17-11-5-4-6-12-17)13-15(21)14-23-16-9-7-8-10-16/h4-6,11-12,15-16,21H,7-10,13-14H2,1-3H3. The van der Waals surface area contributed by atoms with Crippen LogP contribution in [0.15, 0.2) is 30.3 Å². The lowest BCUT2D eigenvalue weighted by Crippen LogP contribution is -2.51. The molecule has 0 spiro atoms. The van der Waals surface area contributed by atoms with Gasteiger partial charge in [0.15, 0.2) is 0 Å². The predicted molar refractivity (Wildman–Crippen MR) is 93.1 cm³/mol. The highest BCUT2D eigenvalue weighted by Gasteiger charge is 2.30. The highest BCUT2D eigenvalue weighted by atomic mass is 16.6. The average molecular weight is 335 g/mol. The van der Waals surface area contributed by atoms with E-state index in [0.29, 0.717) is 5.75 Å². The highest BCUT2D eigenvalue weighted by Crippen LogP contribution is 2.22. The summed E-state index contributed by atoms with van der Waals surface area (Å²) in [6.07, 6.45) is 3.56. The first-order chi connectivity index (χ1) is 11.4. The Morgan fingerprint density at radius 1 is 1.25 bits per heavy atom. The predicted octanol–water partition coefficient (Wildman–Crippen LogP) is 3.61. The fourth-order valence-corrected chi connectivity index (χ4v) is 2.83. The largest absolute Gasteiger partial charge is 0.415 e. The zero-order chi connectivity index (χ0) is 17.6. The molecule has 134 valence electrons. The molecule has 0 aliphatic heterocycles. The van der Waals surface area contributed by atoms with Gasteiger partial charge in [0, 0.05) is 5.54 Å². The van der Waals surface area contributed by atoms with Gasteiger partial charge in [-0.2, -0.15) is 0 Å². The number of rotatable bonds is 6. The summed E-state index contributed by atoms with van der Waals surface area (Å²) in [5.74, 6) is 0.494. The van der Waals surface area contributed by atoms with E-state index in [-0.39, 0.29) is 19.3 Å². The van der Waals surface area contributed by atoms with Crippen LogP contribution in [-0.2, 0) is 4.74 Å². The van der Waals surface area contributed by atoms with E-state index < -0.39 is 17.7 Å². The van der Waals surface area contributed by atoms with Crippen molar-refractivity contribution in [2.24, 2.45) is 0 Å². The number of ether oxygens (including phenoxy) is 2. The van der Waals surface area contributed by atoms with Crippen molar-refractivity contribution in [3.63, 3.8) is 0 Å². The van der Waals surface area contributed by atoms with Crippen molar-refractivity contribution in [2.75, 3.05) is 13.2 Å². The molecule has 1 N–H and O–H groups in total. The van der Waals surface area contributed by atoms with Crippen LogP contribution in [0.2, 0.25) is 0 Å². The maximum atomic E-state index is 12.5. The van der Waals surface area contributed by atoms with Gasteiger partial charge in [-0.1, -0.05) is 31.0 Å². The van der Waals surface area contributed by atoms with E-state index in [9.17, 15) is 9.90 Å². The number of hydrogen-bond donors (Lipinski definition) is 1. The number of para-hydroxylation sites is 1. The normalized spacial score (nSPS) is 16.8. The fourth-order valence-electron chi connectivity index (χ4n) is 2.83. The Kier molecular flexibility index (Phi) is 6.63. The average Bonchev–Trinajstić information content (AvgIpc) is 3.04. The van der Waals surface area contributed by atoms with E-state index >= 15 is 0 Å². The van der Waals surface area contributed by atoms with Crippen molar-refractivity contribution >= 4 is 6.09 Å². The van der Waals surface area contributed by atoms with Crippen LogP contribution < -0.4 is 4.74 Å².